The van der Waals surface area contributed by atoms with Crippen molar-refractivity contribution in [1.29, 1.82) is 0 Å². The molecule has 0 aromatic heterocycles. The molecule has 0 radical (unpaired) electrons. The summed E-state index contributed by atoms with van der Waals surface area (Å²) < 4.78 is 5.52. The molecule has 0 saturated carbocycles. The summed E-state index contributed by atoms with van der Waals surface area (Å²) in [5, 5.41) is 2.86. The van der Waals surface area contributed by atoms with Gasteiger partial charge < -0.3 is 15.8 Å². The number of hydrogen-bond acceptors (Lipinski definition) is 3. The van der Waals surface area contributed by atoms with Gasteiger partial charge in [0.25, 0.3) is 5.91 Å². The number of carbonyl (C=O) groups excluding carboxylic acids is 1. The third-order valence-electron chi connectivity index (χ3n) is 2.62. The lowest BCUT2D eigenvalue weighted by Gasteiger charge is -2.14. The molecule has 4 nitrogen and oxygen atoms in total. The molecule has 18 heavy (non-hydrogen) atoms. The molecule has 0 saturated heterocycles. The Bertz CT molecular complexity index is 380. The molecular formula is C14H22N2O2. The zero-order valence-electron chi connectivity index (χ0n) is 11.1. The Labute approximate surface area is 109 Å². The number of benzene rings is 1. The third-order valence-corrected chi connectivity index (χ3v) is 2.62. The topological polar surface area (TPSA) is 64.3 Å². The van der Waals surface area contributed by atoms with Gasteiger partial charge in [-0.1, -0.05) is 25.8 Å². The second kappa shape index (κ2) is 7.58. The van der Waals surface area contributed by atoms with E-state index >= 15 is 0 Å². The molecule has 3 N–H and O–H groups in total. The second-order valence-corrected chi connectivity index (χ2v) is 4.33. The molecule has 0 bridgehead atoms. The molecule has 1 aromatic rings. The summed E-state index contributed by atoms with van der Waals surface area (Å²) in [5.41, 5.74) is 6.27. The number of nitrogens with two attached hydrogens (primary N) is 1. The van der Waals surface area contributed by atoms with Crippen molar-refractivity contribution in [2.45, 2.75) is 39.2 Å². The van der Waals surface area contributed by atoms with E-state index in [1.165, 1.54) is 0 Å². The molecule has 0 aliphatic carbocycles. The lowest BCUT2D eigenvalue weighted by Crippen LogP contribution is -2.36. The predicted molar refractivity (Wildman–Crippen MR) is 73.5 cm³/mol. The van der Waals surface area contributed by atoms with Gasteiger partial charge in [0, 0.05) is 18.3 Å². The number of nitrogen functional groups attached to an aromatic ring is 1. The first kappa shape index (κ1) is 14.4. The van der Waals surface area contributed by atoms with E-state index in [1.807, 2.05) is 0 Å². The van der Waals surface area contributed by atoms with Crippen LogP contribution in [0.3, 0.4) is 0 Å². The smallest absolute Gasteiger partial charge is 0.260 e. The minimum atomic E-state index is -0.506. The van der Waals surface area contributed by atoms with Crippen molar-refractivity contribution in [3.63, 3.8) is 0 Å². The number of anilines is 1. The van der Waals surface area contributed by atoms with Gasteiger partial charge in [-0.25, -0.2) is 0 Å². The lowest BCUT2D eigenvalue weighted by atomic mass is 10.2. The summed E-state index contributed by atoms with van der Waals surface area (Å²) in [6.45, 7) is 4.57. The maximum Gasteiger partial charge on any atom is 0.260 e. The van der Waals surface area contributed by atoms with E-state index in [9.17, 15) is 4.79 Å². The van der Waals surface area contributed by atoms with Crippen molar-refractivity contribution < 1.29 is 9.53 Å². The Hall–Kier alpha value is -1.71. The number of rotatable bonds is 7. The zero-order chi connectivity index (χ0) is 13.4. The van der Waals surface area contributed by atoms with Crippen molar-refractivity contribution in [2.75, 3.05) is 12.3 Å². The van der Waals surface area contributed by atoms with Gasteiger partial charge in [-0.15, -0.1) is 0 Å². The maximum atomic E-state index is 11.7. The van der Waals surface area contributed by atoms with E-state index in [-0.39, 0.29) is 5.91 Å². The number of ether oxygens (including phenoxy) is 1. The largest absolute Gasteiger partial charge is 0.481 e. The summed E-state index contributed by atoms with van der Waals surface area (Å²) >= 11 is 0. The van der Waals surface area contributed by atoms with E-state index in [4.69, 9.17) is 10.5 Å². The molecular weight excluding hydrogens is 228 g/mol. The van der Waals surface area contributed by atoms with Gasteiger partial charge in [-0.3, -0.25) is 4.79 Å². The van der Waals surface area contributed by atoms with Crippen LogP contribution in [0.5, 0.6) is 5.75 Å². The number of unbranched alkanes of at least 4 members (excludes halogenated alkanes) is 2. The third kappa shape index (κ3) is 5.08. The zero-order valence-corrected chi connectivity index (χ0v) is 11.1. The van der Waals surface area contributed by atoms with Gasteiger partial charge >= 0.3 is 0 Å². The minimum Gasteiger partial charge on any atom is -0.481 e. The second-order valence-electron chi connectivity index (χ2n) is 4.33. The Morgan fingerprint density at radius 1 is 1.44 bits per heavy atom. The normalized spacial score (nSPS) is 11.9. The van der Waals surface area contributed by atoms with E-state index in [1.54, 1.807) is 31.2 Å². The van der Waals surface area contributed by atoms with Crippen LogP contribution in [0.2, 0.25) is 0 Å². The van der Waals surface area contributed by atoms with Crippen LogP contribution in [-0.4, -0.2) is 18.6 Å². The van der Waals surface area contributed by atoms with E-state index in [0.717, 1.165) is 19.3 Å². The van der Waals surface area contributed by atoms with Crippen LogP contribution in [-0.2, 0) is 4.79 Å². The summed E-state index contributed by atoms with van der Waals surface area (Å²) in [5.74, 6) is 0.528. The van der Waals surface area contributed by atoms with Crippen LogP contribution in [0.4, 0.5) is 5.69 Å². The standard InChI is InChI=1S/C14H22N2O2/c1-3-4-5-9-16-14(17)11(2)18-13-8-6-7-12(15)10-13/h6-8,10-11H,3-5,9,15H2,1-2H3,(H,16,17). The Kier molecular flexibility index (Phi) is 6.05. The van der Waals surface area contributed by atoms with Crippen molar-refractivity contribution in [1.82, 2.24) is 5.32 Å². The average molecular weight is 250 g/mol. The summed E-state index contributed by atoms with van der Waals surface area (Å²) in [7, 11) is 0. The van der Waals surface area contributed by atoms with Gasteiger partial charge in [0.05, 0.1) is 0 Å². The molecule has 1 amide bonds. The van der Waals surface area contributed by atoms with E-state index in [2.05, 4.69) is 12.2 Å². The first-order chi connectivity index (χ1) is 8.63. The maximum absolute atomic E-state index is 11.7. The van der Waals surface area contributed by atoms with Gasteiger partial charge in [0.2, 0.25) is 0 Å². The van der Waals surface area contributed by atoms with Crippen LogP contribution >= 0.6 is 0 Å². The van der Waals surface area contributed by atoms with E-state index < -0.39 is 6.10 Å². The molecule has 0 aliphatic heterocycles. The SMILES string of the molecule is CCCCCNC(=O)C(C)Oc1cccc(N)c1. The van der Waals surface area contributed by atoms with Crippen molar-refractivity contribution in [3.8, 4) is 5.75 Å². The summed E-state index contributed by atoms with van der Waals surface area (Å²) in [4.78, 5) is 11.7. The number of nitrogens with one attached hydrogen (secondary N) is 1. The Morgan fingerprint density at radius 3 is 2.89 bits per heavy atom. The molecule has 1 atom stereocenters. The fraction of sp³-hybridized carbons (Fsp3) is 0.500. The van der Waals surface area contributed by atoms with Crippen molar-refractivity contribution in [3.05, 3.63) is 24.3 Å². The number of amides is 1. The number of hydrogen-bond donors (Lipinski definition) is 2. The molecule has 0 heterocycles. The highest BCUT2D eigenvalue weighted by Gasteiger charge is 2.13. The Morgan fingerprint density at radius 2 is 2.22 bits per heavy atom. The van der Waals surface area contributed by atoms with Gasteiger partial charge in [0.1, 0.15) is 5.75 Å². The summed E-state index contributed by atoms with van der Waals surface area (Å²) in [6.07, 6.45) is 2.77. The highest BCUT2D eigenvalue weighted by Crippen LogP contribution is 2.15. The minimum absolute atomic E-state index is 0.0893. The molecule has 4 heteroatoms. The fourth-order valence-corrected chi connectivity index (χ4v) is 1.58. The molecule has 0 fully saturated rings. The average Bonchev–Trinajstić information content (AvgIpc) is 2.34. The highest BCUT2D eigenvalue weighted by molar-refractivity contribution is 5.80. The monoisotopic (exact) mass is 250 g/mol. The molecule has 0 spiro atoms. The molecule has 1 unspecified atom stereocenters. The first-order valence-corrected chi connectivity index (χ1v) is 6.43. The van der Waals surface area contributed by atoms with Crippen LogP contribution in [0, 0.1) is 0 Å². The van der Waals surface area contributed by atoms with Gasteiger partial charge in [-0.2, -0.15) is 0 Å². The van der Waals surface area contributed by atoms with Crippen LogP contribution in [0.1, 0.15) is 33.1 Å². The van der Waals surface area contributed by atoms with Crippen molar-refractivity contribution in [2.24, 2.45) is 0 Å². The lowest BCUT2D eigenvalue weighted by molar-refractivity contribution is -0.127. The van der Waals surface area contributed by atoms with Gasteiger partial charge in [-0.05, 0) is 25.5 Å². The van der Waals surface area contributed by atoms with Crippen molar-refractivity contribution >= 4 is 11.6 Å². The first-order valence-electron chi connectivity index (χ1n) is 6.43. The number of carbonyl (C=O) groups is 1. The van der Waals surface area contributed by atoms with E-state index in [0.29, 0.717) is 18.0 Å². The molecule has 100 valence electrons. The fourth-order valence-electron chi connectivity index (χ4n) is 1.58. The molecule has 1 aromatic carbocycles. The van der Waals surface area contributed by atoms with Gasteiger partial charge in [0.15, 0.2) is 6.10 Å². The molecule has 0 aliphatic rings. The van der Waals surface area contributed by atoms with Crippen LogP contribution in [0.15, 0.2) is 24.3 Å². The molecule has 1 rings (SSSR count). The summed E-state index contributed by atoms with van der Waals surface area (Å²) in [6, 6.07) is 7.08. The Balaban J connectivity index is 2.35. The highest BCUT2D eigenvalue weighted by atomic mass is 16.5. The van der Waals surface area contributed by atoms with Crippen LogP contribution in [0.25, 0.3) is 0 Å². The quantitative estimate of drug-likeness (QED) is 0.576. The predicted octanol–water partition coefficient (Wildman–Crippen LogP) is 2.34. The van der Waals surface area contributed by atoms with Crippen LogP contribution < -0.4 is 15.8 Å².